The Bertz CT molecular complexity index is 137. The van der Waals surface area contributed by atoms with Crippen molar-refractivity contribution >= 4 is 0 Å². The molecule has 12 heavy (non-hydrogen) atoms. The van der Waals surface area contributed by atoms with E-state index in [0.29, 0.717) is 5.54 Å². The van der Waals surface area contributed by atoms with Crippen LogP contribution in [0.1, 0.15) is 40.0 Å². The topological polar surface area (TPSA) is 29.3 Å². The monoisotopic (exact) mass is 170 g/mol. The molecule has 1 unspecified atom stereocenters. The molecule has 0 aliphatic carbocycles. The fourth-order valence-corrected chi connectivity index (χ4v) is 2.21. The van der Waals surface area contributed by atoms with Crippen LogP contribution in [0.5, 0.6) is 0 Å². The molecule has 0 aromatic carbocycles. The summed E-state index contributed by atoms with van der Waals surface area (Å²) in [7, 11) is 0. The molecule has 0 amide bonds. The Morgan fingerprint density at radius 1 is 1.42 bits per heavy atom. The molecule has 0 spiro atoms. The highest BCUT2D eigenvalue weighted by molar-refractivity contribution is 4.87. The number of hydrogen-bond donors (Lipinski definition) is 1. The lowest BCUT2D eigenvalue weighted by atomic mass is 10.0. The van der Waals surface area contributed by atoms with Crippen LogP contribution in [0.25, 0.3) is 0 Å². The van der Waals surface area contributed by atoms with Gasteiger partial charge in [-0.1, -0.05) is 0 Å². The minimum Gasteiger partial charge on any atom is -0.330 e. The third-order valence-corrected chi connectivity index (χ3v) is 2.74. The second kappa shape index (κ2) is 3.75. The molecular formula is C10H22N2. The Labute approximate surface area is 76.1 Å². The summed E-state index contributed by atoms with van der Waals surface area (Å²) >= 11 is 0. The van der Waals surface area contributed by atoms with Crippen molar-refractivity contribution in [3.8, 4) is 0 Å². The van der Waals surface area contributed by atoms with Crippen LogP contribution >= 0.6 is 0 Å². The minimum absolute atomic E-state index is 0.330. The first-order valence-electron chi connectivity index (χ1n) is 5.02. The van der Waals surface area contributed by atoms with E-state index >= 15 is 0 Å². The molecule has 1 heterocycles. The quantitative estimate of drug-likeness (QED) is 0.682. The third-order valence-electron chi connectivity index (χ3n) is 2.74. The van der Waals surface area contributed by atoms with E-state index in [0.717, 1.165) is 19.0 Å². The summed E-state index contributed by atoms with van der Waals surface area (Å²) < 4.78 is 0. The summed E-state index contributed by atoms with van der Waals surface area (Å²) in [4.78, 5) is 2.60. The number of hydrogen-bond acceptors (Lipinski definition) is 2. The standard InChI is InChI=1S/C10H22N2/c1-10(2,3)12-8-4-5-9(12)6-7-11/h9H,4-8,11H2,1-3H3. The van der Waals surface area contributed by atoms with E-state index in [1.54, 1.807) is 0 Å². The summed E-state index contributed by atoms with van der Waals surface area (Å²) in [5.74, 6) is 0. The Balaban J connectivity index is 2.52. The molecule has 1 aliphatic heterocycles. The molecular weight excluding hydrogens is 148 g/mol. The van der Waals surface area contributed by atoms with Gasteiger partial charge in [0.05, 0.1) is 0 Å². The summed E-state index contributed by atoms with van der Waals surface area (Å²) in [6.45, 7) is 8.97. The normalized spacial score (nSPS) is 26.5. The SMILES string of the molecule is CC(C)(C)N1CCCC1CCN. The maximum atomic E-state index is 5.59. The lowest BCUT2D eigenvalue weighted by Crippen LogP contribution is -2.45. The fourth-order valence-electron chi connectivity index (χ4n) is 2.21. The van der Waals surface area contributed by atoms with Crippen LogP contribution in [0, 0.1) is 0 Å². The van der Waals surface area contributed by atoms with E-state index in [1.807, 2.05) is 0 Å². The molecule has 0 bridgehead atoms. The maximum Gasteiger partial charge on any atom is 0.0127 e. The number of nitrogens with zero attached hydrogens (tertiary/aromatic N) is 1. The van der Waals surface area contributed by atoms with Crippen LogP contribution in [-0.4, -0.2) is 29.6 Å². The van der Waals surface area contributed by atoms with E-state index in [4.69, 9.17) is 5.73 Å². The van der Waals surface area contributed by atoms with Gasteiger partial charge < -0.3 is 5.73 Å². The summed E-state index contributed by atoms with van der Waals surface area (Å²) in [6.07, 6.45) is 3.85. The van der Waals surface area contributed by atoms with Gasteiger partial charge >= 0.3 is 0 Å². The van der Waals surface area contributed by atoms with Gasteiger partial charge in [0.15, 0.2) is 0 Å². The van der Waals surface area contributed by atoms with Crippen molar-refractivity contribution in [3.63, 3.8) is 0 Å². The molecule has 0 radical (unpaired) electrons. The van der Waals surface area contributed by atoms with Gasteiger partial charge in [-0.25, -0.2) is 0 Å². The highest BCUT2D eigenvalue weighted by atomic mass is 15.2. The van der Waals surface area contributed by atoms with Crippen molar-refractivity contribution in [2.75, 3.05) is 13.1 Å². The van der Waals surface area contributed by atoms with Gasteiger partial charge in [-0.05, 0) is 53.1 Å². The van der Waals surface area contributed by atoms with Gasteiger partial charge in [0.25, 0.3) is 0 Å². The van der Waals surface area contributed by atoms with Gasteiger partial charge in [0, 0.05) is 11.6 Å². The molecule has 0 aromatic heterocycles. The van der Waals surface area contributed by atoms with Crippen molar-refractivity contribution in [3.05, 3.63) is 0 Å². The van der Waals surface area contributed by atoms with E-state index in [9.17, 15) is 0 Å². The van der Waals surface area contributed by atoms with Crippen LogP contribution < -0.4 is 5.73 Å². The zero-order valence-corrected chi connectivity index (χ0v) is 8.64. The zero-order valence-electron chi connectivity index (χ0n) is 8.64. The van der Waals surface area contributed by atoms with Gasteiger partial charge in [-0.3, -0.25) is 4.90 Å². The van der Waals surface area contributed by atoms with Crippen LogP contribution in [0.3, 0.4) is 0 Å². The third kappa shape index (κ3) is 2.20. The molecule has 2 nitrogen and oxygen atoms in total. The first kappa shape index (κ1) is 10.0. The average Bonchev–Trinajstić information content (AvgIpc) is 2.34. The molecule has 0 saturated carbocycles. The summed E-state index contributed by atoms with van der Waals surface area (Å²) in [5, 5.41) is 0. The largest absolute Gasteiger partial charge is 0.330 e. The molecule has 1 atom stereocenters. The summed E-state index contributed by atoms with van der Waals surface area (Å²) in [5.41, 5.74) is 5.92. The number of rotatable bonds is 2. The Morgan fingerprint density at radius 3 is 2.58 bits per heavy atom. The van der Waals surface area contributed by atoms with Crippen LogP contribution in [0.4, 0.5) is 0 Å². The van der Waals surface area contributed by atoms with Gasteiger partial charge in [0.2, 0.25) is 0 Å². The van der Waals surface area contributed by atoms with E-state index in [-0.39, 0.29) is 0 Å². The molecule has 2 heteroatoms. The fraction of sp³-hybridized carbons (Fsp3) is 1.00. The smallest absolute Gasteiger partial charge is 0.0127 e. The van der Waals surface area contributed by atoms with E-state index < -0.39 is 0 Å². The van der Waals surface area contributed by atoms with Gasteiger partial charge in [-0.15, -0.1) is 0 Å². The Hall–Kier alpha value is -0.0800. The predicted molar refractivity (Wildman–Crippen MR) is 53.2 cm³/mol. The molecule has 72 valence electrons. The highest BCUT2D eigenvalue weighted by Gasteiger charge is 2.31. The van der Waals surface area contributed by atoms with Gasteiger partial charge in [0.1, 0.15) is 0 Å². The number of likely N-dealkylation sites (tertiary alicyclic amines) is 1. The molecule has 1 aliphatic rings. The zero-order chi connectivity index (χ0) is 9.19. The molecule has 1 saturated heterocycles. The number of nitrogens with two attached hydrogens (primary N) is 1. The van der Waals surface area contributed by atoms with Crippen molar-refractivity contribution in [1.29, 1.82) is 0 Å². The lowest BCUT2D eigenvalue weighted by Gasteiger charge is -2.36. The lowest BCUT2D eigenvalue weighted by molar-refractivity contribution is 0.117. The molecule has 0 aromatic rings. The van der Waals surface area contributed by atoms with Crippen molar-refractivity contribution in [1.82, 2.24) is 4.90 Å². The van der Waals surface area contributed by atoms with Gasteiger partial charge in [-0.2, -0.15) is 0 Å². The highest BCUT2D eigenvalue weighted by Crippen LogP contribution is 2.27. The minimum atomic E-state index is 0.330. The summed E-state index contributed by atoms with van der Waals surface area (Å²) in [6, 6.07) is 0.745. The van der Waals surface area contributed by atoms with E-state index in [2.05, 4.69) is 25.7 Å². The second-order valence-corrected chi connectivity index (χ2v) is 4.74. The first-order valence-corrected chi connectivity index (χ1v) is 5.02. The molecule has 1 fully saturated rings. The van der Waals surface area contributed by atoms with Crippen molar-refractivity contribution in [2.24, 2.45) is 5.73 Å². The predicted octanol–water partition coefficient (Wildman–Crippen LogP) is 1.60. The Kier molecular flexibility index (Phi) is 3.13. The van der Waals surface area contributed by atoms with Crippen LogP contribution in [0.2, 0.25) is 0 Å². The second-order valence-electron chi connectivity index (χ2n) is 4.74. The Morgan fingerprint density at radius 2 is 2.08 bits per heavy atom. The van der Waals surface area contributed by atoms with E-state index in [1.165, 1.54) is 19.4 Å². The van der Waals surface area contributed by atoms with Crippen molar-refractivity contribution in [2.45, 2.75) is 51.6 Å². The maximum absolute atomic E-state index is 5.59. The molecule has 2 N–H and O–H groups in total. The first-order chi connectivity index (χ1) is 5.55. The molecule has 1 rings (SSSR count). The van der Waals surface area contributed by atoms with Crippen LogP contribution in [0.15, 0.2) is 0 Å². The van der Waals surface area contributed by atoms with Crippen molar-refractivity contribution < 1.29 is 0 Å². The van der Waals surface area contributed by atoms with Crippen LogP contribution in [-0.2, 0) is 0 Å². The average molecular weight is 170 g/mol.